The fourth-order valence-electron chi connectivity index (χ4n) is 3.31. The van der Waals surface area contributed by atoms with Crippen LogP contribution in [0.4, 0.5) is 0 Å². The average Bonchev–Trinajstić information content (AvgIpc) is 2.66. The summed E-state index contributed by atoms with van der Waals surface area (Å²) in [5, 5.41) is 16.1. The molecule has 2 unspecified atom stereocenters. The van der Waals surface area contributed by atoms with E-state index in [2.05, 4.69) is 62.5 Å². The van der Waals surface area contributed by atoms with Gasteiger partial charge in [-0.2, -0.15) is 0 Å². The van der Waals surface area contributed by atoms with Crippen molar-refractivity contribution < 1.29 is 9.84 Å². The molecule has 0 heterocycles. The molecule has 0 fully saturated rings. The topological polar surface area (TPSA) is 69.1 Å². The first-order valence-corrected chi connectivity index (χ1v) is 10.3. The molecule has 0 saturated heterocycles. The van der Waals surface area contributed by atoms with E-state index in [1.54, 1.807) is 7.11 Å². The van der Waals surface area contributed by atoms with Crippen LogP contribution in [0.3, 0.4) is 0 Å². The van der Waals surface area contributed by atoms with Crippen LogP contribution in [0.25, 0.3) is 0 Å². The third-order valence-electron chi connectivity index (χ3n) is 4.78. The van der Waals surface area contributed by atoms with Crippen LogP contribution < -0.4 is 15.4 Å². The number of ether oxygens (including phenoxy) is 1. The number of methoxy groups -OCH3 is 1. The number of benzene rings is 1. The Hall–Kier alpha value is -1.06. The largest absolute Gasteiger partial charge is 0.497 e. The van der Waals surface area contributed by atoms with E-state index in [4.69, 9.17) is 9.73 Å². The van der Waals surface area contributed by atoms with E-state index in [1.807, 2.05) is 12.1 Å². The Morgan fingerprint density at radius 1 is 1.17 bits per heavy atom. The smallest absolute Gasteiger partial charge is 0.191 e. The summed E-state index contributed by atoms with van der Waals surface area (Å²) in [6.45, 7) is 9.02. The lowest BCUT2D eigenvalue weighted by molar-refractivity contribution is 0.245. The maximum Gasteiger partial charge on any atom is 0.191 e. The predicted octanol–water partition coefficient (Wildman–Crippen LogP) is 3.52. The molecular formula is C22H41IN4O2. The second kappa shape index (κ2) is 15.7. The number of aliphatic hydroxyl groups excluding tert-OH is 1. The number of aliphatic imine (C=N–C) groups is 1. The number of aliphatic hydroxyl groups is 1. The standard InChI is InChI=1S/C22H40N4O2.HI/c1-7-23-22(24-15-18(12-13-27)14-17(2)3)25-16-21(26(4)5)19-8-10-20(28-6)11-9-19;/h8-11,17-18,21,27H,7,12-16H2,1-6H3,(H2,23,24,25);1H. The molecular weight excluding hydrogens is 479 g/mol. The number of nitrogens with one attached hydrogen (secondary N) is 2. The Labute approximate surface area is 194 Å². The molecule has 0 spiro atoms. The Bertz CT molecular complexity index is 564. The molecule has 1 aromatic rings. The van der Waals surface area contributed by atoms with Crippen molar-refractivity contribution in [3.63, 3.8) is 0 Å². The lowest BCUT2D eigenvalue weighted by Crippen LogP contribution is -2.42. The predicted molar refractivity (Wildman–Crippen MR) is 133 cm³/mol. The Kier molecular flexibility index (Phi) is 15.2. The molecule has 1 aromatic carbocycles. The molecule has 0 aromatic heterocycles. The van der Waals surface area contributed by atoms with Gasteiger partial charge in [0.15, 0.2) is 5.96 Å². The maximum atomic E-state index is 9.32. The molecule has 0 bridgehead atoms. The number of hydrogen-bond acceptors (Lipinski definition) is 4. The summed E-state index contributed by atoms with van der Waals surface area (Å²) < 4.78 is 5.26. The molecule has 0 aliphatic carbocycles. The molecule has 1 rings (SSSR count). The summed E-state index contributed by atoms with van der Waals surface area (Å²) in [4.78, 5) is 6.98. The first kappa shape index (κ1) is 27.9. The quantitative estimate of drug-likeness (QED) is 0.224. The fourth-order valence-corrected chi connectivity index (χ4v) is 3.31. The van der Waals surface area contributed by atoms with E-state index in [0.29, 0.717) is 11.8 Å². The van der Waals surface area contributed by atoms with Gasteiger partial charge in [-0.25, -0.2) is 0 Å². The van der Waals surface area contributed by atoms with Gasteiger partial charge in [-0.3, -0.25) is 4.99 Å². The highest BCUT2D eigenvalue weighted by atomic mass is 127. The fraction of sp³-hybridized carbons (Fsp3) is 0.682. The molecule has 0 aliphatic rings. The van der Waals surface area contributed by atoms with Crippen LogP contribution in [0, 0.1) is 11.8 Å². The monoisotopic (exact) mass is 520 g/mol. The molecule has 7 heteroatoms. The van der Waals surface area contributed by atoms with Crippen molar-refractivity contribution in [2.75, 3.05) is 47.4 Å². The summed E-state index contributed by atoms with van der Waals surface area (Å²) in [5.74, 6) is 2.71. The second-order valence-corrected chi connectivity index (χ2v) is 7.86. The van der Waals surface area contributed by atoms with Gasteiger partial charge >= 0.3 is 0 Å². The molecule has 2 atom stereocenters. The summed E-state index contributed by atoms with van der Waals surface area (Å²) >= 11 is 0. The van der Waals surface area contributed by atoms with Crippen LogP contribution in [-0.4, -0.2) is 63.4 Å². The van der Waals surface area contributed by atoms with Gasteiger partial charge < -0.3 is 25.4 Å². The van der Waals surface area contributed by atoms with Gasteiger partial charge in [0.05, 0.1) is 13.2 Å². The molecule has 29 heavy (non-hydrogen) atoms. The second-order valence-electron chi connectivity index (χ2n) is 7.86. The highest BCUT2D eigenvalue weighted by molar-refractivity contribution is 14.0. The third kappa shape index (κ3) is 11.1. The van der Waals surface area contributed by atoms with Crippen molar-refractivity contribution in [1.82, 2.24) is 15.5 Å². The van der Waals surface area contributed by atoms with E-state index < -0.39 is 0 Å². The Balaban J connectivity index is 0.00000784. The van der Waals surface area contributed by atoms with Crippen LogP contribution >= 0.6 is 24.0 Å². The lowest BCUT2D eigenvalue weighted by Gasteiger charge is -2.26. The molecule has 6 nitrogen and oxygen atoms in total. The minimum Gasteiger partial charge on any atom is -0.497 e. The molecule has 0 amide bonds. The number of hydrogen-bond donors (Lipinski definition) is 3. The summed E-state index contributed by atoms with van der Waals surface area (Å²) in [5.41, 5.74) is 1.23. The van der Waals surface area contributed by atoms with Crippen molar-refractivity contribution in [2.24, 2.45) is 16.8 Å². The Morgan fingerprint density at radius 2 is 1.83 bits per heavy atom. The number of nitrogens with zero attached hydrogens (tertiary/aromatic N) is 2. The molecule has 168 valence electrons. The number of rotatable bonds is 12. The van der Waals surface area contributed by atoms with Crippen LogP contribution in [0.5, 0.6) is 5.75 Å². The summed E-state index contributed by atoms with van der Waals surface area (Å²) in [7, 11) is 5.85. The number of guanidine groups is 1. The van der Waals surface area contributed by atoms with E-state index in [-0.39, 0.29) is 36.6 Å². The highest BCUT2D eigenvalue weighted by Crippen LogP contribution is 2.21. The molecule has 0 radical (unpaired) electrons. The summed E-state index contributed by atoms with van der Waals surface area (Å²) in [6.07, 6.45) is 1.88. The van der Waals surface area contributed by atoms with E-state index >= 15 is 0 Å². The van der Waals surface area contributed by atoms with Gasteiger partial charge in [-0.05, 0) is 63.4 Å². The number of likely N-dealkylation sites (N-methyl/N-ethyl adjacent to an activating group) is 1. The van der Waals surface area contributed by atoms with Crippen molar-refractivity contribution in [1.29, 1.82) is 0 Å². The third-order valence-corrected chi connectivity index (χ3v) is 4.78. The minimum absolute atomic E-state index is 0. The molecule has 3 N–H and O–H groups in total. The first-order valence-electron chi connectivity index (χ1n) is 10.3. The van der Waals surface area contributed by atoms with Crippen LogP contribution in [0.1, 0.15) is 45.2 Å². The average molecular weight is 521 g/mol. The highest BCUT2D eigenvalue weighted by Gasteiger charge is 2.15. The van der Waals surface area contributed by atoms with Crippen molar-refractivity contribution in [3.8, 4) is 5.75 Å². The summed E-state index contributed by atoms with van der Waals surface area (Å²) in [6, 6.07) is 8.43. The molecule has 0 aliphatic heterocycles. The van der Waals surface area contributed by atoms with Gasteiger partial charge in [0.25, 0.3) is 0 Å². The van der Waals surface area contributed by atoms with E-state index in [9.17, 15) is 5.11 Å². The van der Waals surface area contributed by atoms with Crippen molar-refractivity contribution in [3.05, 3.63) is 29.8 Å². The van der Waals surface area contributed by atoms with E-state index in [1.165, 1.54) is 5.56 Å². The Morgan fingerprint density at radius 3 is 2.31 bits per heavy atom. The SMILES string of the molecule is CCNC(=NCC(CCO)CC(C)C)NCC(c1ccc(OC)cc1)N(C)C.I. The first-order chi connectivity index (χ1) is 13.4. The molecule has 0 saturated carbocycles. The normalized spacial score (nSPS) is 13.8. The van der Waals surface area contributed by atoms with Crippen LogP contribution in [0.15, 0.2) is 29.3 Å². The minimum atomic E-state index is 0. The number of halogens is 1. The van der Waals surface area contributed by atoms with Gasteiger partial charge in [0.1, 0.15) is 5.75 Å². The zero-order valence-corrected chi connectivity index (χ0v) is 21.3. The van der Waals surface area contributed by atoms with Gasteiger partial charge in [0.2, 0.25) is 0 Å². The lowest BCUT2D eigenvalue weighted by atomic mass is 9.94. The zero-order chi connectivity index (χ0) is 20.9. The van der Waals surface area contributed by atoms with Crippen molar-refractivity contribution >= 4 is 29.9 Å². The van der Waals surface area contributed by atoms with Crippen molar-refractivity contribution in [2.45, 2.75) is 39.7 Å². The van der Waals surface area contributed by atoms with Gasteiger partial charge in [0, 0.05) is 26.2 Å². The zero-order valence-electron chi connectivity index (χ0n) is 18.9. The maximum absolute atomic E-state index is 9.32. The van der Waals surface area contributed by atoms with Gasteiger partial charge in [-0.15, -0.1) is 24.0 Å². The van der Waals surface area contributed by atoms with Crippen LogP contribution in [-0.2, 0) is 0 Å². The van der Waals surface area contributed by atoms with E-state index in [0.717, 1.165) is 44.2 Å². The van der Waals surface area contributed by atoms with Crippen LogP contribution in [0.2, 0.25) is 0 Å². The van der Waals surface area contributed by atoms with Gasteiger partial charge in [-0.1, -0.05) is 26.0 Å².